The summed E-state index contributed by atoms with van der Waals surface area (Å²) in [5.41, 5.74) is 5.90. The number of piperidine rings is 1. The Morgan fingerprint density at radius 3 is 2.79 bits per heavy atom. The molecule has 0 aromatic carbocycles. The third-order valence-electron chi connectivity index (χ3n) is 3.85. The highest BCUT2D eigenvalue weighted by molar-refractivity contribution is 5.81. The third kappa shape index (κ3) is 3.80. The van der Waals surface area contributed by atoms with Crippen molar-refractivity contribution in [1.29, 1.82) is 0 Å². The van der Waals surface area contributed by atoms with Gasteiger partial charge in [0.25, 0.3) is 0 Å². The molecule has 1 amide bonds. The summed E-state index contributed by atoms with van der Waals surface area (Å²) in [6.07, 6.45) is 7.64. The number of rotatable bonds is 5. The van der Waals surface area contributed by atoms with Crippen molar-refractivity contribution >= 4 is 5.91 Å². The molecule has 5 heteroatoms. The number of likely N-dealkylation sites (tertiary alicyclic amines) is 1. The number of hydrogen-bond donors (Lipinski definition) is 1. The maximum atomic E-state index is 12.1. The second-order valence-electron chi connectivity index (χ2n) is 5.39. The lowest BCUT2D eigenvalue weighted by molar-refractivity contribution is -0.134. The Hall–Kier alpha value is -1.36. The minimum atomic E-state index is -0.312. The molecular formula is C14H24N4O. The van der Waals surface area contributed by atoms with E-state index < -0.39 is 0 Å². The normalized spacial score (nSPS) is 18.5. The fraction of sp³-hybridized carbons (Fsp3) is 0.714. The van der Waals surface area contributed by atoms with Crippen LogP contribution in [0.15, 0.2) is 18.5 Å². The summed E-state index contributed by atoms with van der Waals surface area (Å²) in [5.74, 6) is 0.741. The van der Waals surface area contributed by atoms with Gasteiger partial charge >= 0.3 is 0 Å². The topological polar surface area (TPSA) is 64.2 Å². The molecule has 19 heavy (non-hydrogen) atoms. The quantitative estimate of drug-likeness (QED) is 0.870. The molecule has 1 saturated heterocycles. The van der Waals surface area contributed by atoms with E-state index in [2.05, 4.69) is 12.0 Å². The van der Waals surface area contributed by atoms with Gasteiger partial charge < -0.3 is 10.6 Å². The maximum Gasteiger partial charge on any atom is 0.239 e. The first-order valence-corrected chi connectivity index (χ1v) is 7.22. The van der Waals surface area contributed by atoms with Crippen LogP contribution >= 0.6 is 0 Å². The van der Waals surface area contributed by atoms with Crippen molar-refractivity contribution in [3.8, 4) is 0 Å². The average molecular weight is 264 g/mol. The highest BCUT2D eigenvalue weighted by Gasteiger charge is 2.25. The summed E-state index contributed by atoms with van der Waals surface area (Å²) >= 11 is 0. The molecule has 0 aliphatic carbocycles. The van der Waals surface area contributed by atoms with Crippen LogP contribution in [0.1, 0.15) is 32.6 Å². The van der Waals surface area contributed by atoms with E-state index in [1.807, 2.05) is 28.0 Å². The summed E-state index contributed by atoms with van der Waals surface area (Å²) in [5, 5.41) is 4.23. The molecule has 1 unspecified atom stereocenters. The van der Waals surface area contributed by atoms with Crippen molar-refractivity contribution in [2.75, 3.05) is 13.1 Å². The summed E-state index contributed by atoms with van der Waals surface area (Å²) in [6.45, 7) is 4.68. The van der Waals surface area contributed by atoms with Gasteiger partial charge in [-0.3, -0.25) is 9.48 Å². The van der Waals surface area contributed by atoms with E-state index >= 15 is 0 Å². The lowest BCUT2D eigenvalue weighted by Gasteiger charge is -2.33. The molecule has 1 aliphatic rings. The van der Waals surface area contributed by atoms with Gasteiger partial charge in [0.15, 0.2) is 0 Å². The van der Waals surface area contributed by atoms with E-state index in [0.29, 0.717) is 5.92 Å². The number of carbonyl (C=O) groups is 1. The van der Waals surface area contributed by atoms with Crippen LogP contribution in [0.2, 0.25) is 0 Å². The minimum absolute atomic E-state index is 0.124. The van der Waals surface area contributed by atoms with E-state index in [0.717, 1.165) is 45.3 Å². The van der Waals surface area contributed by atoms with Gasteiger partial charge in [-0.05, 0) is 31.2 Å². The van der Waals surface area contributed by atoms with Crippen LogP contribution in [0.5, 0.6) is 0 Å². The number of amides is 1. The van der Waals surface area contributed by atoms with Crippen molar-refractivity contribution in [3.63, 3.8) is 0 Å². The van der Waals surface area contributed by atoms with Gasteiger partial charge in [-0.1, -0.05) is 13.3 Å². The Kier molecular flexibility index (Phi) is 4.96. The molecule has 2 rings (SSSR count). The van der Waals surface area contributed by atoms with Gasteiger partial charge in [0, 0.05) is 32.0 Å². The molecule has 1 atom stereocenters. The lowest BCUT2D eigenvalue weighted by atomic mass is 9.96. The lowest BCUT2D eigenvalue weighted by Crippen LogP contribution is -2.47. The third-order valence-corrected chi connectivity index (χ3v) is 3.85. The predicted octanol–water partition coefficient (Wildman–Crippen LogP) is 1.25. The van der Waals surface area contributed by atoms with Crippen molar-refractivity contribution in [3.05, 3.63) is 18.5 Å². The number of hydrogen-bond acceptors (Lipinski definition) is 3. The zero-order valence-corrected chi connectivity index (χ0v) is 11.7. The van der Waals surface area contributed by atoms with E-state index in [1.165, 1.54) is 0 Å². The van der Waals surface area contributed by atoms with E-state index in [1.54, 1.807) is 0 Å². The van der Waals surface area contributed by atoms with E-state index in [9.17, 15) is 4.79 Å². The van der Waals surface area contributed by atoms with Crippen molar-refractivity contribution in [2.45, 2.75) is 45.2 Å². The van der Waals surface area contributed by atoms with Crippen molar-refractivity contribution in [1.82, 2.24) is 14.7 Å². The van der Waals surface area contributed by atoms with E-state index in [-0.39, 0.29) is 11.9 Å². The summed E-state index contributed by atoms with van der Waals surface area (Å²) < 4.78 is 1.98. The summed E-state index contributed by atoms with van der Waals surface area (Å²) in [4.78, 5) is 14.0. The number of nitrogens with zero attached hydrogens (tertiary/aromatic N) is 3. The number of carbonyl (C=O) groups excluding carboxylic acids is 1. The Morgan fingerprint density at radius 2 is 2.21 bits per heavy atom. The monoisotopic (exact) mass is 264 g/mol. The van der Waals surface area contributed by atoms with Crippen molar-refractivity contribution < 1.29 is 4.79 Å². The molecule has 0 radical (unpaired) electrons. The molecule has 1 aliphatic heterocycles. The van der Waals surface area contributed by atoms with Crippen LogP contribution in [0.4, 0.5) is 0 Å². The first-order valence-electron chi connectivity index (χ1n) is 7.22. The van der Waals surface area contributed by atoms with Crippen LogP contribution < -0.4 is 5.73 Å². The molecule has 5 nitrogen and oxygen atoms in total. The fourth-order valence-electron chi connectivity index (χ4n) is 2.68. The van der Waals surface area contributed by atoms with Gasteiger partial charge in [-0.15, -0.1) is 0 Å². The highest BCUT2D eigenvalue weighted by Crippen LogP contribution is 2.19. The molecule has 0 bridgehead atoms. The Labute approximate surface area is 114 Å². The fourth-order valence-corrected chi connectivity index (χ4v) is 2.68. The standard InChI is InChI=1S/C14H24N4O/c1-2-4-13(15)14(19)17-9-5-12(6-10-17)11-18-8-3-7-16-18/h3,7-8,12-13H,2,4-6,9-11,15H2,1H3. The van der Waals surface area contributed by atoms with Gasteiger partial charge in [-0.25, -0.2) is 0 Å². The Bertz CT molecular complexity index is 382. The molecule has 1 aromatic rings. The molecule has 1 fully saturated rings. The molecule has 106 valence electrons. The first-order chi connectivity index (χ1) is 9.20. The molecule has 2 heterocycles. The number of nitrogens with two attached hydrogens (primary N) is 1. The SMILES string of the molecule is CCCC(N)C(=O)N1CCC(Cn2cccn2)CC1. The predicted molar refractivity (Wildman–Crippen MR) is 74.4 cm³/mol. The summed E-state index contributed by atoms with van der Waals surface area (Å²) in [6, 6.07) is 1.63. The van der Waals surface area contributed by atoms with Crippen LogP contribution in [0.25, 0.3) is 0 Å². The summed E-state index contributed by atoms with van der Waals surface area (Å²) in [7, 11) is 0. The molecular weight excluding hydrogens is 240 g/mol. The Morgan fingerprint density at radius 1 is 1.47 bits per heavy atom. The highest BCUT2D eigenvalue weighted by atomic mass is 16.2. The second-order valence-corrected chi connectivity index (χ2v) is 5.39. The smallest absolute Gasteiger partial charge is 0.239 e. The zero-order chi connectivity index (χ0) is 13.7. The van der Waals surface area contributed by atoms with E-state index in [4.69, 9.17) is 5.73 Å². The van der Waals surface area contributed by atoms with Crippen LogP contribution in [0.3, 0.4) is 0 Å². The first kappa shape index (κ1) is 14.1. The van der Waals surface area contributed by atoms with Gasteiger partial charge in [-0.2, -0.15) is 5.10 Å². The average Bonchev–Trinajstić information content (AvgIpc) is 2.92. The van der Waals surface area contributed by atoms with Crippen LogP contribution in [-0.2, 0) is 11.3 Å². The van der Waals surface area contributed by atoms with Gasteiger partial charge in [0.1, 0.15) is 0 Å². The van der Waals surface area contributed by atoms with Crippen LogP contribution in [-0.4, -0.2) is 39.7 Å². The second kappa shape index (κ2) is 6.70. The molecule has 0 saturated carbocycles. The Balaban J connectivity index is 1.77. The maximum absolute atomic E-state index is 12.1. The van der Waals surface area contributed by atoms with Crippen LogP contribution in [0, 0.1) is 5.92 Å². The molecule has 0 spiro atoms. The van der Waals surface area contributed by atoms with Crippen molar-refractivity contribution in [2.24, 2.45) is 11.7 Å². The molecule has 2 N–H and O–H groups in total. The molecule has 1 aromatic heterocycles. The minimum Gasteiger partial charge on any atom is -0.341 e. The van der Waals surface area contributed by atoms with Gasteiger partial charge in [0.05, 0.1) is 6.04 Å². The van der Waals surface area contributed by atoms with Gasteiger partial charge in [0.2, 0.25) is 5.91 Å². The number of aromatic nitrogens is 2. The zero-order valence-electron chi connectivity index (χ0n) is 11.7. The largest absolute Gasteiger partial charge is 0.341 e.